The molecule has 1 saturated carbocycles. The maximum absolute atomic E-state index is 6.19. The smallest absolute Gasteiger partial charge is 0.191 e. The molecule has 0 heterocycles. The zero-order valence-corrected chi connectivity index (χ0v) is 12.7. The average Bonchev–Trinajstić information content (AvgIpc) is 3.19. The summed E-state index contributed by atoms with van der Waals surface area (Å²) in [5.74, 6) is 0.741. The van der Waals surface area contributed by atoms with Gasteiger partial charge in [0, 0.05) is 35.6 Å². The summed E-state index contributed by atoms with van der Waals surface area (Å²) in [6, 6.07) is 6.12. The third-order valence-electron chi connectivity index (χ3n) is 3.48. The standard InChI is InChI=1S/C14H19Cl2N3/c1-9(13-11(15)4-3-5-12(13)16)8-18-14(17)19(2)10-6-7-10/h3-5,9-10H,6-8H2,1-2H3,(H2,17,18). The Bertz CT molecular complexity index is 463. The third kappa shape index (κ3) is 3.54. The Balaban J connectivity index is 2.04. The van der Waals surface area contributed by atoms with E-state index in [0.29, 0.717) is 28.6 Å². The maximum Gasteiger partial charge on any atom is 0.191 e. The van der Waals surface area contributed by atoms with Crippen LogP contribution >= 0.6 is 23.2 Å². The third-order valence-corrected chi connectivity index (χ3v) is 4.13. The second kappa shape index (κ2) is 6.02. The molecule has 19 heavy (non-hydrogen) atoms. The fourth-order valence-electron chi connectivity index (χ4n) is 2.06. The minimum Gasteiger partial charge on any atom is -0.370 e. The van der Waals surface area contributed by atoms with Gasteiger partial charge in [0.25, 0.3) is 0 Å². The average molecular weight is 300 g/mol. The number of halogens is 2. The van der Waals surface area contributed by atoms with Gasteiger partial charge in [-0.25, -0.2) is 0 Å². The van der Waals surface area contributed by atoms with Crippen molar-refractivity contribution in [2.24, 2.45) is 10.7 Å². The van der Waals surface area contributed by atoms with Crippen LogP contribution in [0, 0.1) is 0 Å². The molecule has 0 aliphatic heterocycles. The Kier molecular flexibility index (Phi) is 4.58. The van der Waals surface area contributed by atoms with E-state index in [1.807, 2.05) is 30.1 Å². The number of aliphatic imine (C=N–C) groups is 1. The molecule has 0 saturated heterocycles. The fourth-order valence-corrected chi connectivity index (χ4v) is 2.83. The lowest BCUT2D eigenvalue weighted by Gasteiger charge is -2.18. The second-order valence-corrected chi connectivity index (χ2v) is 5.89. The second-order valence-electron chi connectivity index (χ2n) is 5.08. The van der Waals surface area contributed by atoms with Gasteiger partial charge in [-0.15, -0.1) is 0 Å². The number of nitrogens with zero attached hydrogens (tertiary/aromatic N) is 2. The van der Waals surface area contributed by atoms with Crippen LogP contribution in [-0.2, 0) is 0 Å². The van der Waals surface area contributed by atoms with E-state index < -0.39 is 0 Å². The zero-order chi connectivity index (χ0) is 14.0. The van der Waals surface area contributed by atoms with Crippen LogP contribution in [0.25, 0.3) is 0 Å². The van der Waals surface area contributed by atoms with Crippen molar-refractivity contribution in [2.45, 2.75) is 31.7 Å². The highest BCUT2D eigenvalue weighted by Crippen LogP contribution is 2.31. The normalized spacial score (nSPS) is 17.4. The van der Waals surface area contributed by atoms with E-state index in [0.717, 1.165) is 5.56 Å². The number of rotatable bonds is 4. The van der Waals surface area contributed by atoms with Gasteiger partial charge < -0.3 is 10.6 Å². The predicted molar refractivity (Wildman–Crippen MR) is 82.2 cm³/mol. The highest BCUT2D eigenvalue weighted by molar-refractivity contribution is 6.36. The van der Waals surface area contributed by atoms with Gasteiger partial charge in [0.2, 0.25) is 0 Å². The monoisotopic (exact) mass is 299 g/mol. The molecule has 1 aliphatic rings. The molecule has 0 amide bonds. The van der Waals surface area contributed by atoms with Crippen molar-refractivity contribution in [2.75, 3.05) is 13.6 Å². The highest BCUT2D eigenvalue weighted by Gasteiger charge is 2.27. The zero-order valence-electron chi connectivity index (χ0n) is 11.2. The lowest BCUT2D eigenvalue weighted by molar-refractivity contribution is 0.486. The van der Waals surface area contributed by atoms with Crippen LogP contribution in [0.4, 0.5) is 0 Å². The Morgan fingerprint density at radius 2 is 2.00 bits per heavy atom. The van der Waals surface area contributed by atoms with Crippen molar-refractivity contribution in [3.63, 3.8) is 0 Å². The molecular weight excluding hydrogens is 281 g/mol. The van der Waals surface area contributed by atoms with Crippen LogP contribution in [0.1, 0.15) is 31.2 Å². The van der Waals surface area contributed by atoms with Gasteiger partial charge in [0.1, 0.15) is 0 Å². The molecule has 0 spiro atoms. The lowest BCUT2D eigenvalue weighted by Crippen LogP contribution is -2.36. The first-order chi connectivity index (χ1) is 9.00. The van der Waals surface area contributed by atoms with Crippen LogP contribution in [-0.4, -0.2) is 30.5 Å². The van der Waals surface area contributed by atoms with E-state index in [9.17, 15) is 0 Å². The van der Waals surface area contributed by atoms with E-state index in [1.165, 1.54) is 12.8 Å². The van der Waals surface area contributed by atoms with Crippen molar-refractivity contribution in [3.8, 4) is 0 Å². The molecule has 104 valence electrons. The Morgan fingerprint density at radius 3 is 2.53 bits per heavy atom. The van der Waals surface area contributed by atoms with Crippen molar-refractivity contribution >= 4 is 29.2 Å². The molecule has 1 aliphatic carbocycles. The van der Waals surface area contributed by atoms with Gasteiger partial charge in [-0.05, 0) is 30.5 Å². The van der Waals surface area contributed by atoms with Crippen molar-refractivity contribution in [1.82, 2.24) is 4.90 Å². The molecule has 1 aromatic carbocycles. The van der Waals surface area contributed by atoms with Crippen LogP contribution in [0.3, 0.4) is 0 Å². The number of hydrogen-bond acceptors (Lipinski definition) is 1. The van der Waals surface area contributed by atoms with Crippen LogP contribution in [0.5, 0.6) is 0 Å². The highest BCUT2D eigenvalue weighted by atomic mass is 35.5. The number of hydrogen-bond donors (Lipinski definition) is 1. The van der Waals surface area contributed by atoms with Crippen LogP contribution in [0.15, 0.2) is 23.2 Å². The van der Waals surface area contributed by atoms with Gasteiger partial charge in [-0.3, -0.25) is 4.99 Å². The minimum absolute atomic E-state index is 0.146. The first kappa shape index (κ1) is 14.5. The van der Waals surface area contributed by atoms with E-state index in [1.54, 1.807) is 0 Å². The molecule has 2 N–H and O–H groups in total. The molecule has 3 nitrogen and oxygen atoms in total. The molecule has 1 atom stereocenters. The first-order valence-electron chi connectivity index (χ1n) is 6.47. The van der Waals surface area contributed by atoms with Gasteiger partial charge >= 0.3 is 0 Å². The molecular formula is C14H19Cl2N3. The minimum atomic E-state index is 0.146. The van der Waals surface area contributed by atoms with Gasteiger partial charge in [-0.1, -0.05) is 36.2 Å². The summed E-state index contributed by atoms with van der Waals surface area (Å²) in [5.41, 5.74) is 6.91. The van der Waals surface area contributed by atoms with Gasteiger partial charge in [0.15, 0.2) is 5.96 Å². The van der Waals surface area contributed by atoms with Gasteiger partial charge in [-0.2, -0.15) is 0 Å². The summed E-state index contributed by atoms with van der Waals surface area (Å²) in [6.07, 6.45) is 2.41. The molecule has 1 aromatic rings. The predicted octanol–water partition coefficient (Wildman–Crippen LogP) is 3.51. The summed E-state index contributed by atoms with van der Waals surface area (Å²) < 4.78 is 0. The Hall–Kier alpha value is -0.930. The fraction of sp³-hybridized carbons (Fsp3) is 0.500. The van der Waals surface area contributed by atoms with Crippen molar-refractivity contribution < 1.29 is 0 Å². The van der Waals surface area contributed by atoms with Crippen LogP contribution in [0.2, 0.25) is 10.0 Å². The molecule has 0 aromatic heterocycles. The summed E-state index contributed by atoms with van der Waals surface area (Å²) in [6.45, 7) is 2.65. The van der Waals surface area contributed by atoms with E-state index >= 15 is 0 Å². The summed E-state index contributed by atoms with van der Waals surface area (Å²) in [7, 11) is 1.99. The van der Waals surface area contributed by atoms with Gasteiger partial charge in [0.05, 0.1) is 0 Å². The summed E-state index contributed by atoms with van der Waals surface area (Å²) in [4.78, 5) is 6.49. The first-order valence-corrected chi connectivity index (χ1v) is 7.23. The van der Waals surface area contributed by atoms with Crippen molar-refractivity contribution in [3.05, 3.63) is 33.8 Å². The topological polar surface area (TPSA) is 41.6 Å². The van der Waals surface area contributed by atoms with Crippen LogP contribution < -0.4 is 5.73 Å². The quantitative estimate of drug-likeness (QED) is 0.683. The molecule has 1 fully saturated rings. The number of guanidine groups is 1. The molecule has 0 radical (unpaired) electrons. The maximum atomic E-state index is 6.19. The van der Waals surface area contributed by atoms with Crippen molar-refractivity contribution in [1.29, 1.82) is 0 Å². The Labute approximate surface area is 124 Å². The molecule has 1 unspecified atom stereocenters. The Morgan fingerprint density at radius 1 is 1.42 bits per heavy atom. The summed E-state index contributed by atoms with van der Waals surface area (Å²) >= 11 is 12.4. The number of nitrogens with two attached hydrogens (primary N) is 1. The SMILES string of the molecule is CC(CN=C(N)N(C)C1CC1)c1c(Cl)cccc1Cl. The molecule has 2 rings (SSSR count). The van der Waals surface area contributed by atoms with E-state index in [4.69, 9.17) is 28.9 Å². The van der Waals surface area contributed by atoms with E-state index in [-0.39, 0.29) is 5.92 Å². The number of benzene rings is 1. The van der Waals surface area contributed by atoms with E-state index in [2.05, 4.69) is 11.9 Å². The largest absolute Gasteiger partial charge is 0.370 e. The molecule has 5 heteroatoms. The lowest BCUT2D eigenvalue weighted by atomic mass is 10.0. The summed E-state index contributed by atoms with van der Waals surface area (Å²) in [5, 5.41) is 1.37. The molecule has 0 bridgehead atoms.